The maximum absolute atomic E-state index is 6.23. The van der Waals surface area contributed by atoms with Crippen molar-refractivity contribution in [2.45, 2.75) is 44.3 Å². The first-order chi connectivity index (χ1) is 8.78. The molecule has 1 fully saturated rings. The molecule has 1 saturated carbocycles. The number of rotatable bonds is 5. The first kappa shape index (κ1) is 14.1. The topological polar surface area (TPSA) is 18.5 Å². The number of hydrogen-bond donors (Lipinski definition) is 0. The lowest BCUT2D eigenvalue weighted by atomic mass is 9.86. The maximum atomic E-state index is 6.23. The molecule has 0 atom stereocenters. The number of ether oxygens (including phenoxy) is 2. The minimum Gasteiger partial charge on any atom is -0.497 e. The second kappa shape index (κ2) is 6.75. The van der Waals surface area contributed by atoms with Crippen molar-refractivity contribution in [3.05, 3.63) is 29.8 Å². The number of methoxy groups -OCH3 is 1. The van der Waals surface area contributed by atoms with Crippen molar-refractivity contribution in [3.8, 4) is 5.75 Å². The maximum Gasteiger partial charge on any atom is 0.118 e. The fraction of sp³-hybridized carbons (Fsp3) is 0.600. The predicted octanol–water partition coefficient (Wildman–Crippen LogP) is 4.35. The summed E-state index contributed by atoms with van der Waals surface area (Å²) in [5.74, 6) is 0.903. The van der Waals surface area contributed by atoms with E-state index in [1.807, 2.05) is 12.1 Å². The Balaban J connectivity index is 1.92. The third-order valence-electron chi connectivity index (χ3n) is 3.71. The van der Waals surface area contributed by atoms with Crippen molar-refractivity contribution in [2.24, 2.45) is 0 Å². The Hall–Kier alpha value is -0.290. The Bertz CT molecular complexity index is 355. The Labute approximate surface area is 123 Å². The standard InChI is InChI=1S/C15H21IO2/c1-17-14-7-5-13(6-8-14)11-18-15(12-16)9-3-2-4-10-15/h5-8H,2-4,9-12H2,1H3. The minimum absolute atomic E-state index is 0.124. The van der Waals surface area contributed by atoms with Crippen LogP contribution in [0.15, 0.2) is 24.3 Å². The number of alkyl halides is 1. The van der Waals surface area contributed by atoms with Gasteiger partial charge in [-0.05, 0) is 30.5 Å². The third kappa shape index (κ3) is 3.60. The molecule has 0 aromatic heterocycles. The Kier molecular flexibility index (Phi) is 5.30. The van der Waals surface area contributed by atoms with E-state index in [1.54, 1.807) is 7.11 Å². The predicted molar refractivity (Wildman–Crippen MR) is 82.5 cm³/mol. The molecule has 0 heterocycles. The zero-order valence-electron chi connectivity index (χ0n) is 11.0. The molecule has 2 nitrogen and oxygen atoms in total. The minimum atomic E-state index is 0.124. The van der Waals surface area contributed by atoms with Crippen LogP contribution in [-0.4, -0.2) is 17.1 Å². The van der Waals surface area contributed by atoms with Crippen LogP contribution in [0.3, 0.4) is 0 Å². The van der Waals surface area contributed by atoms with Crippen LogP contribution in [0.4, 0.5) is 0 Å². The summed E-state index contributed by atoms with van der Waals surface area (Å²) >= 11 is 2.47. The van der Waals surface area contributed by atoms with E-state index in [4.69, 9.17) is 9.47 Å². The number of hydrogen-bond acceptors (Lipinski definition) is 2. The zero-order valence-corrected chi connectivity index (χ0v) is 13.1. The quantitative estimate of drug-likeness (QED) is 0.574. The normalized spacial score (nSPS) is 18.6. The molecule has 1 aliphatic rings. The van der Waals surface area contributed by atoms with Crippen LogP contribution in [0, 0.1) is 0 Å². The molecule has 1 aromatic rings. The summed E-state index contributed by atoms with van der Waals surface area (Å²) in [5.41, 5.74) is 1.35. The molecule has 0 N–H and O–H groups in total. The molecule has 3 heteroatoms. The molecule has 100 valence electrons. The molecule has 18 heavy (non-hydrogen) atoms. The molecule has 1 aromatic carbocycles. The molecule has 2 rings (SSSR count). The van der Waals surface area contributed by atoms with Gasteiger partial charge in [-0.1, -0.05) is 54.0 Å². The second-order valence-electron chi connectivity index (χ2n) is 5.01. The van der Waals surface area contributed by atoms with Gasteiger partial charge in [-0.15, -0.1) is 0 Å². The van der Waals surface area contributed by atoms with Crippen molar-refractivity contribution in [1.29, 1.82) is 0 Å². The number of benzene rings is 1. The fourth-order valence-electron chi connectivity index (χ4n) is 2.47. The summed E-state index contributed by atoms with van der Waals surface area (Å²) in [6, 6.07) is 8.16. The van der Waals surface area contributed by atoms with Crippen molar-refractivity contribution >= 4 is 22.6 Å². The van der Waals surface area contributed by atoms with E-state index >= 15 is 0 Å². The molecule has 0 amide bonds. The van der Waals surface area contributed by atoms with E-state index in [-0.39, 0.29) is 5.60 Å². The van der Waals surface area contributed by atoms with Crippen LogP contribution >= 0.6 is 22.6 Å². The van der Waals surface area contributed by atoms with Crippen LogP contribution in [-0.2, 0) is 11.3 Å². The summed E-state index contributed by atoms with van der Waals surface area (Å²) in [5, 5.41) is 0. The Morgan fingerprint density at radius 2 is 1.78 bits per heavy atom. The van der Waals surface area contributed by atoms with Gasteiger partial charge in [-0.25, -0.2) is 0 Å². The van der Waals surface area contributed by atoms with E-state index < -0.39 is 0 Å². The first-order valence-electron chi connectivity index (χ1n) is 6.61. The summed E-state index contributed by atoms with van der Waals surface area (Å²) in [4.78, 5) is 0. The Morgan fingerprint density at radius 3 is 2.33 bits per heavy atom. The third-order valence-corrected chi connectivity index (χ3v) is 5.10. The lowest BCUT2D eigenvalue weighted by molar-refractivity contribution is -0.0607. The summed E-state index contributed by atoms with van der Waals surface area (Å²) < 4.78 is 12.5. The van der Waals surface area contributed by atoms with Gasteiger partial charge >= 0.3 is 0 Å². The fourth-order valence-corrected chi connectivity index (χ4v) is 3.45. The van der Waals surface area contributed by atoms with Crippen molar-refractivity contribution in [1.82, 2.24) is 0 Å². The van der Waals surface area contributed by atoms with Crippen LogP contribution in [0.2, 0.25) is 0 Å². The molecule has 0 aliphatic heterocycles. The molecule has 0 bridgehead atoms. The molecule has 0 unspecified atom stereocenters. The van der Waals surface area contributed by atoms with E-state index in [0.717, 1.165) is 10.2 Å². The van der Waals surface area contributed by atoms with Gasteiger partial charge in [0.2, 0.25) is 0 Å². The second-order valence-corrected chi connectivity index (χ2v) is 5.78. The smallest absolute Gasteiger partial charge is 0.118 e. The van der Waals surface area contributed by atoms with Gasteiger partial charge in [0.05, 0.1) is 19.3 Å². The van der Waals surface area contributed by atoms with E-state index in [1.165, 1.54) is 37.7 Å². The van der Waals surface area contributed by atoms with Gasteiger partial charge in [-0.3, -0.25) is 0 Å². The van der Waals surface area contributed by atoms with Gasteiger partial charge < -0.3 is 9.47 Å². The van der Waals surface area contributed by atoms with Gasteiger partial charge in [0, 0.05) is 4.43 Å². The van der Waals surface area contributed by atoms with Crippen LogP contribution in [0.1, 0.15) is 37.7 Å². The van der Waals surface area contributed by atoms with Crippen LogP contribution in [0.25, 0.3) is 0 Å². The summed E-state index contributed by atoms with van der Waals surface area (Å²) in [6.45, 7) is 0.715. The SMILES string of the molecule is COc1ccc(COC2(CI)CCCCC2)cc1. The van der Waals surface area contributed by atoms with Crippen LogP contribution in [0.5, 0.6) is 5.75 Å². The highest BCUT2D eigenvalue weighted by Gasteiger charge is 2.31. The first-order valence-corrected chi connectivity index (χ1v) is 8.13. The average molecular weight is 360 g/mol. The number of halogens is 1. The van der Waals surface area contributed by atoms with E-state index in [0.29, 0.717) is 6.61 Å². The van der Waals surface area contributed by atoms with Crippen molar-refractivity contribution in [2.75, 3.05) is 11.5 Å². The van der Waals surface area contributed by atoms with E-state index in [9.17, 15) is 0 Å². The largest absolute Gasteiger partial charge is 0.497 e. The molecule has 0 radical (unpaired) electrons. The molecule has 0 spiro atoms. The lowest BCUT2D eigenvalue weighted by Crippen LogP contribution is -2.36. The molecular weight excluding hydrogens is 339 g/mol. The highest BCUT2D eigenvalue weighted by atomic mass is 127. The highest BCUT2D eigenvalue weighted by molar-refractivity contribution is 14.1. The van der Waals surface area contributed by atoms with Gasteiger partial charge in [0.15, 0.2) is 0 Å². The van der Waals surface area contributed by atoms with Crippen molar-refractivity contribution < 1.29 is 9.47 Å². The zero-order chi connectivity index (χ0) is 12.8. The van der Waals surface area contributed by atoms with Gasteiger partial charge in [-0.2, -0.15) is 0 Å². The van der Waals surface area contributed by atoms with Gasteiger partial charge in [0.1, 0.15) is 5.75 Å². The summed E-state index contributed by atoms with van der Waals surface area (Å²) in [6.07, 6.45) is 6.42. The van der Waals surface area contributed by atoms with Crippen LogP contribution < -0.4 is 4.74 Å². The molecule has 0 saturated heterocycles. The monoisotopic (exact) mass is 360 g/mol. The Morgan fingerprint density at radius 1 is 1.11 bits per heavy atom. The highest BCUT2D eigenvalue weighted by Crippen LogP contribution is 2.34. The van der Waals surface area contributed by atoms with Crippen molar-refractivity contribution in [3.63, 3.8) is 0 Å². The average Bonchev–Trinajstić information content (AvgIpc) is 2.47. The molecular formula is C15H21IO2. The molecule has 1 aliphatic carbocycles. The van der Waals surface area contributed by atoms with E-state index in [2.05, 4.69) is 34.7 Å². The lowest BCUT2D eigenvalue weighted by Gasteiger charge is -2.35. The summed E-state index contributed by atoms with van der Waals surface area (Å²) in [7, 11) is 1.69. The van der Waals surface area contributed by atoms with Gasteiger partial charge in [0.25, 0.3) is 0 Å².